The molecule has 0 saturated heterocycles. The average molecular weight is 282 g/mol. The maximum absolute atomic E-state index is 11.6. The monoisotopic (exact) mass is 282 g/mol. The molecule has 20 heavy (non-hydrogen) atoms. The maximum atomic E-state index is 11.6. The Kier molecular flexibility index (Phi) is 4.95. The topological polar surface area (TPSA) is 50.4 Å². The second kappa shape index (κ2) is 6.33. The lowest BCUT2D eigenvalue weighted by Gasteiger charge is -2.22. The lowest BCUT2D eigenvalue weighted by Crippen LogP contribution is -2.43. The minimum absolute atomic E-state index is 0.294. The number of ether oxygens (including phenoxy) is 1. The summed E-state index contributed by atoms with van der Waals surface area (Å²) in [6.07, 6.45) is 5.37. The Morgan fingerprint density at radius 1 is 1.15 bits per heavy atom. The largest absolute Gasteiger partial charge is 0.444 e. The van der Waals surface area contributed by atoms with Crippen LogP contribution in [0.5, 0.6) is 0 Å². The number of carbonyl (C=O) groups excluding carboxylic acids is 1. The van der Waals surface area contributed by atoms with Gasteiger partial charge >= 0.3 is 6.09 Å². The molecule has 0 aliphatic heterocycles. The van der Waals surface area contributed by atoms with Gasteiger partial charge in [-0.2, -0.15) is 0 Å². The molecule has 1 amide bonds. The third-order valence-electron chi connectivity index (χ3n) is 4.11. The molecule has 0 spiro atoms. The Morgan fingerprint density at radius 3 is 2.15 bits per heavy atom. The number of nitrogens with one attached hydrogen (secondary N) is 2. The van der Waals surface area contributed by atoms with Crippen molar-refractivity contribution in [2.75, 3.05) is 13.1 Å². The molecule has 2 fully saturated rings. The van der Waals surface area contributed by atoms with Crippen LogP contribution in [0.15, 0.2) is 0 Å². The van der Waals surface area contributed by atoms with Crippen molar-refractivity contribution >= 4 is 6.09 Å². The first-order valence-corrected chi connectivity index (χ1v) is 8.05. The molecule has 1 unspecified atom stereocenters. The second-order valence-electron chi connectivity index (χ2n) is 7.53. The van der Waals surface area contributed by atoms with Crippen molar-refractivity contribution in [3.8, 4) is 0 Å². The second-order valence-corrected chi connectivity index (χ2v) is 7.53. The van der Waals surface area contributed by atoms with Gasteiger partial charge in [0.25, 0.3) is 0 Å². The molecule has 116 valence electrons. The van der Waals surface area contributed by atoms with Crippen LogP contribution in [0, 0.1) is 17.8 Å². The first kappa shape index (κ1) is 15.6. The summed E-state index contributed by atoms with van der Waals surface area (Å²) in [6.45, 7) is 9.48. The van der Waals surface area contributed by atoms with E-state index >= 15 is 0 Å². The van der Waals surface area contributed by atoms with Crippen molar-refractivity contribution in [1.29, 1.82) is 0 Å². The predicted octanol–water partition coefficient (Wildman–Crippen LogP) is 2.93. The van der Waals surface area contributed by atoms with Crippen LogP contribution in [0.2, 0.25) is 0 Å². The predicted molar refractivity (Wildman–Crippen MR) is 80.6 cm³/mol. The molecule has 0 aromatic carbocycles. The number of amides is 1. The zero-order chi connectivity index (χ0) is 14.8. The number of carbonyl (C=O) groups is 1. The Morgan fingerprint density at radius 2 is 1.70 bits per heavy atom. The third kappa shape index (κ3) is 5.70. The van der Waals surface area contributed by atoms with Crippen LogP contribution >= 0.6 is 0 Å². The van der Waals surface area contributed by atoms with Crippen molar-refractivity contribution in [2.45, 2.75) is 65.0 Å². The molecule has 2 rings (SSSR count). The summed E-state index contributed by atoms with van der Waals surface area (Å²) in [5.74, 6) is 2.82. The fraction of sp³-hybridized carbons (Fsp3) is 0.938. The van der Waals surface area contributed by atoms with E-state index in [0.717, 1.165) is 24.3 Å². The van der Waals surface area contributed by atoms with Crippen molar-refractivity contribution < 1.29 is 9.53 Å². The molecule has 0 radical (unpaired) electrons. The van der Waals surface area contributed by atoms with Crippen LogP contribution in [0.25, 0.3) is 0 Å². The standard InChI is InChI=1S/C16H30N2O2/c1-11(9-18-15(19)20-16(2,3)4)17-10-14(12-5-6-12)13-7-8-13/h11-14,17H,5-10H2,1-4H3,(H,18,19). The maximum Gasteiger partial charge on any atom is 0.407 e. The van der Waals surface area contributed by atoms with E-state index in [-0.39, 0.29) is 6.09 Å². The molecular formula is C16H30N2O2. The van der Waals surface area contributed by atoms with Gasteiger partial charge in [-0.15, -0.1) is 0 Å². The van der Waals surface area contributed by atoms with E-state index in [1.165, 1.54) is 25.7 Å². The summed E-state index contributed by atoms with van der Waals surface area (Å²) >= 11 is 0. The van der Waals surface area contributed by atoms with Crippen LogP contribution in [0.1, 0.15) is 53.4 Å². The molecule has 0 aromatic rings. The quantitative estimate of drug-likeness (QED) is 0.755. The Labute approximate surface area is 123 Å². The molecule has 2 aliphatic carbocycles. The first-order chi connectivity index (χ1) is 9.35. The Bertz CT molecular complexity index is 318. The van der Waals surface area contributed by atoms with E-state index in [9.17, 15) is 4.79 Å². The molecular weight excluding hydrogens is 252 g/mol. The van der Waals surface area contributed by atoms with Gasteiger partial charge in [-0.3, -0.25) is 0 Å². The molecule has 4 nitrogen and oxygen atoms in total. The van der Waals surface area contributed by atoms with E-state index in [1.807, 2.05) is 20.8 Å². The van der Waals surface area contributed by atoms with Gasteiger partial charge in [0.15, 0.2) is 0 Å². The fourth-order valence-corrected chi connectivity index (χ4v) is 2.73. The van der Waals surface area contributed by atoms with E-state index in [2.05, 4.69) is 17.6 Å². The summed E-state index contributed by atoms with van der Waals surface area (Å²) in [7, 11) is 0. The molecule has 2 aliphatic rings. The minimum Gasteiger partial charge on any atom is -0.444 e. The number of hydrogen-bond donors (Lipinski definition) is 2. The van der Waals surface area contributed by atoms with Gasteiger partial charge < -0.3 is 15.4 Å². The molecule has 4 heteroatoms. The van der Waals surface area contributed by atoms with Gasteiger partial charge in [-0.1, -0.05) is 0 Å². The summed E-state index contributed by atoms with van der Waals surface area (Å²) in [4.78, 5) is 11.6. The third-order valence-corrected chi connectivity index (χ3v) is 4.11. The average Bonchev–Trinajstić information content (AvgIpc) is 3.16. The fourth-order valence-electron chi connectivity index (χ4n) is 2.73. The van der Waals surface area contributed by atoms with Crippen molar-refractivity contribution in [3.63, 3.8) is 0 Å². The van der Waals surface area contributed by atoms with Crippen LogP contribution < -0.4 is 10.6 Å². The number of alkyl carbamates (subject to hydrolysis) is 1. The number of rotatable bonds is 7. The zero-order valence-electron chi connectivity index (χ0n) is 13.4. The van der Waals surface area contributed by atoms with Gasteiger partial charge in [-0.25, -0.2) is 4.79 Å². The van der Waals surface area contributed by atoms with Gasteiger partial charge in [0, 0.05) is 12.6 Å². The van der Waals surface area contributed by atoms with E-state index in [4.69, 9.17) is 4.74 Å². The zero-order valence-corrected chi connectivity index (χ0v) is 13.4. The van der Waals surface area contributed by atoms with Crippen molar-refractivity contribution in [3.05, 3.63) is 0 Å². The molecule has 2 N–H and O–H groups in total. The van der Waals surface area contributed by atoms with Gasteiger partial charge in [0.05, 0.1) is 0 Å². The molecule has 0 bridgehead atoms. The molecule has 2 saturated carbocycles. The minimum atomic E-state index is -0.427. The highest BCUT2D eigenvalue weighted by Crippen LogP contribution is 2.48. The highest BCUT2D eigenvalue weighted by atomic mass is 16.6. The molecule has 1 atom stereocenters. The highest BCUT2D eigenvalue weighted by Gasteiger charge is 2.40. The Balaban J connectivity index is 1.60. The van der Waals surface area contributed by atoms with Crippen molar-refractivity contribution in [2.24, 2.45) is 17.8 Å². The summed E-state index contributed by atoms with van der Waals surface area (Å²) in [6, 6.07) is 0.294. The van der Waals surface area contributed by atoms with E-state index < -0.39 is 5.60 Å². The molecule has 0 aromatic heterocycles. The van der Waals surface area contributed by atoms with Crippen molar-refractivity contribution in [1.82, 2.24) is 10.6 Å². The highest BCUT2D eigenvalue weighted by molar-refractivity contribution is 5.67. The first-order valence-electron chi connectivity index (χ1n) is 8.05. The van der Waals surface area contributed by atoms with Gasteiger partial charge in [0.2, 0.25) is 0 Å². The van der Waals surface area contributed by atoms with Gasteiger partial charge in [-0.05, 0) is 77.7 Å². The van der Waals surface area contributed by atoms with E-state index in [0.29, 0.717) is 12.6 Å². The molecule has 0 heterocycles. The smallest absolute Gasteiger partial charge is 0.407 e. The van der Waals surface area contributed by atoms with Crippen LogP contribution in [-0.2, 0) is 4.74 Å². The summed E-state index contributed by atoms with van der Waals surface area (Å²) < 4.78 is 5.23. The SMILES string of the molecule is CC(CNC(=O)OC(C)(C)C)NCC(C1CC1)C1CC1. The van der Waals surface area contributed by atoms with Gasteiger partial charge in [0.1, 0.15) is 5.60 Å². The normalized spacial score (nSPS) is 20.9. The lowest BCUT2D eigenvalue weighted by molar-refractivity contribution is 0.0523. The van der Waals surface area contributed by atoms with E-state index in [1.54, 1.807) is 0 Å². The Hall–Kier alpha value is -0.770. The summed E-state index contributed by atoms with van der Waals surface area (Å²) in [5.41, 5.74) is -0.427. The van der Waals surface area contributed by atoms with Crippen LogP contribution in [-0.4, -0.2) is 30.8 Å². The lowest BCUT2D eigenvalue weighted by atomic mass is 9.97. The van der Waals surface area contributed by atoms with Crippen LogP contribution in [0.3, 0.4) is 0 Å². The van der Waals surface area contributed by atoms with Crippen LogP contribution in [0.4, 0.5) is 4.79 Å². The summed E-state index contributed by atoms with van der Waals surface area (Å²) in [5, 5.41) is 6.40. The number of hydrogen-bond acceptors (Lipinski definition) is 3.